The molecule has 41 heavy (non-hydrogen) atoms. The number of hydrogen-bond acceptors (Lipinski definition) is 9. The highest BCUT2D eigenvalue weighted by Gasteiger charge is 2.34. The molecule has 0 unspecified atom stereocenters. The van der Waals surface area contributed by atoms with Gasteiger partial charge < -0.3 is 24.3 Å². The number of nitrogens with one attached hydrogen (secondary N) is 2. The van der Waals surface area contributed by atoms with Crippen LogP contribution in [-0.2, 0) is 24.0 Å². The van der Waals surface area contributed by atoms with E-state index in [4.69, 9.17) is 30.5 Å². The quantitative estimate of drug-likeness (QED) is 0.138. The highest BCUT2D eigenvalue weighted by molar-refractivity contribution is 7.92. The summed E-state index contributed by atoms with van der Waals surface area (Å²) in [4.78, 5) is 4.46. The van der Waals surface area contributed by atoms with E-state index in [1.54, 1.807) is 51.2 Å². The van der Waals surface area contributed by atoms with Crippen LogP contribution in [0.5, 0.6) is 5.75 Å². The average Bonchev–Trinajstić information content (AvgIpc) is 3.32. The van der Waals surface area contributed by atoms with E-state index in [-0.39, 0.29) is 23.9 Å². The Morgan fingerprint density at radius 1 is 0.927 bits per heavy atom. The molecule has 0 aliphatic carbocycles. The molecule has 222 valence electrons. The number of hydrogen-bond donors (Lipinski definition) is 2. The molecule has 0 spiro atoms. The summed E-state index contributed by atoms with van der Waals surface area (Å²) in [5, 5.41) is 11.4. The van der Waals surface area contributed by atoms with Gasteiger partial charge in [0.25, 0.3) is 0 Å². The first kappa shape index (κ1) is 30.9. The monoisotopic (exact) mass is 608 g/mol. The molecule has 10 nitrogen and oxygen atoms in total. The largest absolute Gasteiger partial charge is 0.490 e. The van der Waals surface area contributed by atoms with Crippen LogP contribution >= 0.6 is 11.6 Å². The Kier molecular flexibility index (Phi) is 10.4. The Balaban J connectivity index is 1.52. The molecular weight excluding hydrogens is 575 g/mol. The molecule has 2 aromatic heterocycles. The van der Waals surface area contributed by atoms with Gasteiger partial charge in [0.05, 0.1) is 61.1 Å². The summed E-state index contributed by atoms with van der Waals surface area (Å²) in [6.07, 6.45) is 1.59. The Morgan fingerprint density at radius 2 is 1.61 bits per heavy atom. The summed E-state index contributed by atoms with van der Waals surface area (Å²) >= 11 is 5.55. The highest BCUT2D eigenvalue weighted by Crippen LogP contribution is 2.38. The fourth-order valence-corrected chi connectivity index (χ4v) is 5.36. The molecule has 0 saturated heterocycles. The van der Waals surface area contributed by atoms with E-state index >= 15 is 0 Å². The number of aromatic amines is 1. The minimum absolute atomic E-state index is 0.0340. The van der Waals surface area contributed by atoms with Crippen LogP contribution in [0.15, 0.2) is 47.5 Å². The molecule has 0 fully saturated rings. The zero-order valence-electron chi connectivity index (χ0n) is 23.2. The number of pyridine rings is 1. The van der Waals surface area contributed by atoms with Crippen LogP contribution in [0.1, 0.15) is 20.8 Å². The first-order valence-corrected chi connectivity index (χ1v) is 15.1. The molecule has 0 aliphatic heterocycles. The standard InChI is InChI=1S/C28H34ClFN4O6S/c1-28(2,3)41(35,36)26-17-20-22(32-27-21-16-19(30)4-5-23(21)33-34-27)6-8-31-24(20)18-25(26)40-15-14-39-13-12-38-11-10-37-9-7-29/h4-6,8,16-18H,7,9-15H2,1-3H3,(H2,31,32,33,34). The van der Waals surface area contributed by atoms with Gasteiger partial charge in [-0.2, -0.15) is 5.10 Å². The molecule has 0 aliphatic rings. The first-order chi connectivity index (χ1) is 19.6. The predicted molar refractivity (Wildman–Crippen MR) is 157 cm³/mol. The fraction of sp³-hybridized carbons (Fsp3) is 0.429. The second-order valence-electron chi connectivity index (χ2n) is 10.1. The van der Waals surface area contributed by atoms with Crippen LogP contribution in [0.25, 0.3) is 21.8 Å². The number of nitrogens with zero attached hydrogens (tertiary/aromatic N) is 2. The van der Waals surface area contributed by atoms with Crippen molar-refractivity contribution in [2.24, 2.45) is 0 Å². The molecule has 0 bridgehead atoms. The fourth-order valence-electron chi connectivity index (χ4n) is 3.93. The van der Waals surface area contributed by atoms with Crippen LogP contribution < -0.4 is 10.1 Å². The number of alkyl halides is 1. The van der Waals surface area contributed by atoms with Crippen molar-refractivity contribution in [2.75, 3.05) is 57.4 Å². The molecule has 2 heterocycles. The van der Waals surface area contributed by atoms with E-state index < -0.39 is 20.4 Å². The van der Waals surface area contributed by atoms with Crippen LogP contribution in [0.4, 0.5) is 15.9 Å². The van der Waals surface area contributed by atoms with Gasteiger partial charge in [0.1, 0.15) is 23.1 Å². The van der Waals surface area contributed by atoms with Gasteiger partial charge in [-0.15, -0.1) is 11.6 Å². The van der Waals surface area contributed by atoms with Gasteiger partial charge in [0, 0.05) is 28.9 Å². The highest BCUT2D eigenvalue weighted by atomic mass is 35.5. The third-order valence-corrected chi connectivity index (χ3v) is 8.80. The number of benzene rings is 2. The molecule has 4 rings (SSSR count). The van der Waals surface area contributed by atoms with E-state index in [9.17, 15) is 12.8 Å². The first-order valence-electron chi connectivity index (χ1n) is 13.1. The number of rotatable bonds is 15. The van der Waals surface area contributed by atoms with Crippen LogP contribution in [-0.4, -0.2) is 80.5 Å². The number of H-pyrrole nitrogens is 1. The molecule has 0 amide bonds. The topological polar surface area (TPSA) is 125 Å². The van der Waals surface area contributed by atoms with Crippen molar-refractivity contribution >= 4 is 54.7 Å². The Bertz CT molecular complexity index is 1580. The number of sulfone groups is 1. The molecular formula is C28H34ClFN4O6S. The minimum atomic E-state index is -3.81. The molecule has 4 aromatic rings. The van der Waals surface area contributed by atoms with Crippen molar-refractivity contribution in [3.8, 4) is 5.75 Å². The maximum atomic E-state index is 13.9. The number of halogens is 2. The number of ether oxygens (including phenoxy) is 4. The van der Waals surface area contributed by atoms with Crippen LogP contribution in [0.3, 0.4) is 0 Å². The van der Waals surface area contributed by atoms with E-state index in [1.165, 1.54) is 12.1 Å². The maximum Gasteiger partial charge on any atom is 0.186 e. The second-order valence-corrected chi connectivity index (χ2v) is 13.1. The molecule has 13 heteroatoms. The lowest BCUT2D eigenvalue weighted by molar-refractivity contribution is 0.0115. The Hall–Kier alpha value is -3.03. The average molecular weight is 609 g/mol. The SMILES string of the molecule is CC(C)(C)S(=O)(=O)c1cc2c(Nc3n[nH]c4ccc(F)cc34)ccnc2cc1OCCOCCOCCOCCCl. The van der Waals surface area contributed by atoms with Crippen molar-refractivity contribution in [2.45, 2.75) is 30.4 Å². The smallest absolute Gasteiger partial charge is 0.186 e. The minimum Gasteiger partial charge on any atom is -0.490 e. The van der Waals surface area contributed by atoms with Gasteiger partial charge in [0.15, 0.2) is 15.7 Å². The van der Waals surface area contributed by atoms with Crippen molar-refractivity contribution < 1.29 is 31.8 Å². The summed E-state index contributed by atoms with van der Waals surface area (Å²) in [6, 6.07) is 9.18. The van der Waals surface area contributed by atoms with Crippen molar-refractivity contribution in [1.82, 2.24) is 15.2 Å². The summed E-state index contributed by atoms with van der Waals surface area (Å²) in [7, 11) is -3.81. The van der Waals surface area contributed by atoms with Gasteiger partial charge in [-0.25, -0.2) is 12.8 Å². The lowest BCUT2D eigenvalue weighted by atomic mass is 10.1. The summed E-state index contributed by atoms with van der Waals surface area (Å²) in [5.74, 6) is 0.626. The van der Waals surface area contributed by atoms with Crippen LogP contribution in [0, 0.1) is 5.82 Å². The summed E-state index contributed by atoms with van der Waals surface area (Å²) in [5.41, 5.74) is 1.72. The van der Waals surface area contributed by atoms with Crippen molar-refractivity contribution in [1.29, 1.82) is 0 Å². The van der Waals surface area contributed by atoms with Gasteiger partial charge in [-0.05, 0) is 51.1 Å². The molecule has 2 N–H and O–H groups in total. The summed E-state index contributed by atoms with van der Waals surface area (Å²) in [6.45, 7) is 7.39. The summed E-state index contributed by atoms with van der Waals surface area (Å²) < 4.78 is 62.2. The second kappa shape index (κ2) is 13.8. The van der Waals surface area contributed by atoms with E-state index in [1.807, 2.05) is 0 Å². The number of aromatic nitrogens is 3. The Labute approximate surface area is 243 Å². The Morgan fingerprint density at radius 3 is 2.29 bits per heavy atom. The zero-order chi connectivity index (χ0) is 29.5. The van der Waals surface area contributed by atoms with E-state index in [2.05, 4.69) is 20.5 Å². The van der Waals surface area contributed by atoms with Gasteiger partial charge in [0.2, 0.25) is 0 Å². The molecule has 0 radical (unpaired) electrons. The van der Waals surface area contributed by atoms with Crippen LogP contribution in [0.2, 0.25) is 0 Å². The molecule has 0 atom stereocenters. The predicted octanol–water partition coefficient (Wildman–Crippen LogP) is 5.23. The third-order valence-electron chi connectivity index (χ3n) is 6.13. The molecule has 0 saturated carbocycles. The van der Waals surface area contributed by atoms with E-state index in [0.717, 1.165) is 0 Å². The third kappa shape index (κ3) is 7.63. The number of anilines is 2. The maximum absolute atomic E-state index is 13.9. The molecule has 2 aromatic carbocycles. The van der Waals surface area contributed by atoms with Crippen molar-refractivity contribution in [3.05, 3.63) is 48.4 Å². The van der Waals surface area contributed by atoms with Crippen molar-refractivity contribution in [3.63, 3.8) is 0 Å². The van der Waals surface area contributed by atoms with E-state index in [0.29, 0.717) is 72.2 Å². The lowest BCUT2D eigenvalue weighted by Gasteiger charge is -2.22. The van der Waals surface area contributed by atoms with Gasteiger partial charge in [-0.1, -0.05) is 0 Å². The number of fused-ring (bicyclic) bond motifs is 2. The van der Waals surface area contributed by atoms with Gasteiger partial charge in [-0.3, -0.25) is 10.1 Å². The van der Waals surface area contributed by atoms with Gasteiger partial charge >= 0.3 is 0 Å². The zero-order valence-corrected chi connectivity index (χ0v) is 24.8. The normalized spacial score (nSPS) is 12.3. The lowest BCUT2D eigenvalue weighted by Crippen LogP contribution is -2.28.